The lowest BCUT2D eigenvalue weighted by Gasteiger charge is -2.30. The van der Waals surface area contributed by atoms with E-state index in [0.717, 1.165) is 17.5 Å². The topological polar surface area (TPSA) is 98.7 Å². The van der Waals surface area contributed by atoms with Gasteiger partial charge in [0.05, 0.1) is 17.9 Å². The lowest BCUT2D eigenvalue weighted by Crippen LogP contribution is -2.55. The molecule has 3 amide bonds. The summed E-state index contributed by atoms with van der Waals surface area (Å²) in [7, 11) is 0. The van der Waals surface area contributed by atoms with E-state index in [4.69, 9.17) is 0 Å². The highest BCUT2D eigenvalue weighted by Crippen LogP contribution is 2.53. The van der Waals surface area contributed by atoms with E-state index in [0.29, 0.717) is 17.7 Å². The number of aliphatic hydroxyl groups excluding tert-OH is 1. The van der Waals surface area contributed by atoms with Crippen molar-refractivity contribution >= 4 is 23.4 Å². The zero-order valence-corrected chi connectivity index (χ0v) is 18.2. The van der Waals surface area contributed by atoms with Crippen molar-refractivity contribution < 1.29 is 19.5 Å². The first-order valence-corrected chi connectivity index (χ1v) is 11.2. The molecule has 3 aliphatic rings. The summed E-state index contributed by atoms with van der Waals surface area (Å²) in [6.07, 6.45) is 0.417. The van der Waals surface area contributed by atoms with Gasteiger partial charge in [0, 0.05) is 23.8 Å². The normalized spacial score (nSPS) is 29.4. The van der Waals surface area contributed by atoms with Crippen molar-refractivity contribution in [2.75, 3.05) is 11.9 Å². The van der Waals surface area contributed by atoms with Crippen LogP contribution < -0.4 is 10.6 Å². The minimum absolute atomic E-state index is 0.251. The molecule has 5 atom stereocenters. The maximum Gasteiger partial charge on any atom is 0.250 e. The summed E-state index contributed by atoms with van der Waals surface area (Å²) in [5, 5.41) is 16.6. The molecule has 2 fully saturated rings. The summed E-state index contributed by atoms with van der Waals surface area (Å²) < 4.78 is 0. The van der Waals surface area contributed by atoms with E-state index < -0.39 is 29.5 Å². The Bertz CT molecular complexity index is 1100. The Balaban J connectivity index is 1.56. The summed E-state index contributed by atoms with van der Waals surface area (Å²) in [5.74, 6) is -2.69. The van der Waals surface area contributed by atoms with Gasteiger partial charge < -0.3 is 10.4 Å². The maximum absolute atomic E-state index is 13.7. The molecule has 0 saturated carbocycles. The van der Waals surface area contributed by atoms with Gasteiger partial charge in [-0.1, -0.05) is 49.4 Å². The molecule has 7 nitrogen and oxygen atoms in total. The standard InChI is InChI=1S/C25H27N3O4/c1-3-15-9-10-18-17(13-15)25(24(32)26-18)20-19(21(27-25)14(2)29)22(30)28(23(20)31)12-11-16-7-5-4-6-8-16/h4-10,13-14,19-21,27,29H,3,11-12H2,1-2H3,(H,26,32)/t14-,19+,20+,21-,25-/m1/s1. The van der Waals surface area contributed by atoms with Gasteiger partial charge in [0.15, 0.2) is 0 Å². The molecule has 3 N–H and O–H groups in total. The zero-order chi connectivity index (χ0) is 22.6. The average Bonchev–Trinajstić information content (AvgIpc) is 3.38. The predicted molar refractivity (Wildman–Crippen MR) is 119 cm³/mol. The summed E-state index contributed by atoms with van der Waals surface area (Å²) in [4.78, 5) is 41.8. The number of likely N-dealkylation sites (tertiary alicyclic amines) is 1. The number of fused-ring (bicyclic) bond motifs is 4. The van der Waals surface area contributed by atoms with E-state index in [2.05, 4.69) is 10.6 Å². The SMILES string of the molecule is CCc1ccc2c(c1)[C@]1(N[C@H]([C@@H](C)O)[C@H]3C(=O)N(CCc4ccccc4)C(=O)[C@H]31)C(=O)N2. The molecule has 3 heterocycles. The first kappa shape index (κ1) is 20.8. The van der Waals surface area contributed by atoms with Crippen LogP contribution in [0.1, 0.15) is 30.5 Å². The number of aliphatic hydroxyl groups is 1. The van der Waals surface area contributed by atoms with Crippen LogP contribution in [-0.2, 0) is 32.8 Å². The van der Waals surface area contributed by atoms with Crippen LogP contribution in [0.25, 0.3) is 0 Å². The van der Waals surface area contributed by atoms with Gasteiger partial charge in [0.2, 0.25) is 17.7 Å². The predicted octanol–water partition coefficient (Wildman–Crippen LogP) is 1.59. The largest absolute Gasteiger partial charge is 0.392 e. The molecule has 7 heteroatoms. The van der Waals surface area contributed by atoms with Gasteiger partial charge in [-0.15, -0.1) is 0 Å². The van der Waals surface area contributed by atoms with E-state index >= 15 is 0 Å². The summed E-state index contributed by atoms with van der Waals surface area (Å²) in [6, 6.07) is 14.7. The molecule has 0 aliphatic carbocycles. The number of nitrogens with one attached hydrogen (secondary N) is 2. The molecule has 0 radical (unpaired) electrons. The molecule has 0 unspecified atom stereocenters. The molecule has 0 bridgehead atoms. The lowest BCUT2D eigenvalue weighted by molar-refractivity contribution is -0.143. The third kappa shape index (κ3) is 2.84. The third-order valence-corrected chi connectivity index (χ3v) is 7.20. The second kappa shape index (κ2) is 7.53. The Labute approximate surface area is 186 Å². The number of hydrogen-bond donors (Lipinski definition) is 3. The Hall–Kier alpha value is -3.03. The van der Waals surface area contributed by atoms with Crippen LogP contribution in [0.5, 0.6) is 0 Å². The van der Waals surface area contributed by atoms with Gasteiger partial charge in [0.1, 0.15) is 5.54 Å². The number of rotatable bonds is 5. The maximum atomic E-state index is 13.7. The zero-order valence-electron chi connectivity index (χ0n) is 18.2. The van der Waals surface area contributed by atoms with Gasteiger partial charge in [-0.25, -0.2) is 0 Å². The van der Waals surface area contributed by atoms with Crippen LogP contribution in [0.2, 0.25) is 0 Å². The van der Waals surface area contributed by atoms with Crippen molar-refractivity contribution in [1.29, 1.82) is 0 Å². The smallest absolute Gasteiger partial charge is 0.250 e. The summed E-state index contributed by atoms with van der Waals surface area (Å²) >= 11 is 0. The van der Waals surface area contributed by atoms with Crippen molar-refractivity contribution in [2.45, 2.75) is 44.4 Å². The molecular weight excluding hydrogens is 406 g/mol. The van der Waals surface area contributed by atoms with Crippen LogP contribution in [-0.4, -0.2) is 46.4 Å². The van der Waals surface area contributed by atoms with Crippen LogP contribution in [0.15, 0.2) is 48.5 Å². The van der Waals surface area contributed by atoms with Gasteiger partial charge in [-0.05, 0) is 37.0 Å². The highest BCUT2D eigenvalue weighted by molar-refractivity contribution is 6.15. The average molecular weight is 434 g/mol. The number of carbonyl (C=O) groups is 3. The molecular formula is C25H27N3O4. The van der Waals surface area contributed by atoms with E-state index in [-0.39, 0.29) is 24.3 Å². The number of anilines is 1. The summed E-state index contributed by atoms with van der Waals surface area (Å²) in [6.45, 7) is 3.87. The van der Waals surface area contributed by atoms with E-state index in [1.165, 1.54) is 4.90 Å². The molecule has 32 heavy (non-hydrogen) atoms. The van der Waals surface area contributed by atoms with Crippen molar-refractivity contribution in [1.82, 2.24) is 10.2 Å². The van der Waals surface area contributed by atoms with E-state index in [9.17, 15) is 19.5 Å². The number of benzene rings is 2. The highest BCUT2D eigenvalue weighted by Gasteiger charge is 2.71. The molecule has 2 aromatic rings. The monoisotopic (exact) mass is 433 g/mol. The van der Waals surface area contributed by atoms with E-state index in [1.54, 1.807) is 6.92 Å². The number of carbonyl (C=O) groups excluding carboxylic acids is 3. The first-order chi connectivity index (χ1) is 15.4. The molecule has 5 rings (SSSR count). The van der Waals surface area contributed by atoms with Crippen LogP contribution in [0.3, 0.4) is 0 Å². The molecule has 0 aromatic heterocycles. The Kier molecular flexibility index (Phi) is 4.91. The van der Waals surface area contributed by atoms with Crippen molar-refractivity contribution in [2.24, 2.45) is 11.8 Å². The second-order valence-corrected chi connectivity index (χ2v) is 8.97. The molecule has 166 valence electrons. The minimum atomic E-state index is -1.36. The Morgan fingerprint density at radius 3 is 2.50 bits per heavy atom. The van der Waals surface area contributed by atoms with Crippen molar-refractivity contribution in [3.05, 3.63) is 65.2 Å². The molecule has 2 saturated heterocycles. The first-order valence-electron chi connectivity index (χ1n) is 11.2. The van der Waals surface area contributed by atoms with Crippen molar-refractivity contribution in [3.8, 4) is 0 Å². The minimum Gasteiger partial charge on any atom is -0.392 e. The third-order valence-electron chi connectivity index (χ3n) is 7.20. The van der Waals surface area contributed by atoms with Gasteiger partial charge in [0.25, 0.3) is 0 Å². The fraction of sp³-hybridized carbons (Fsp3) is 0.400. The Morgan fingerprint density at radius 2 is 1.81 bits per heavy atom. The van der Waals surface area contributed by atoms with Gasteiger partial charge in [-0.3, -0.25) is 24.6 Å². The second-order valence-electron chi connectivity index (χ2n) is 8.97. The summed E-state index contributed by atoms with van der Waals surface area (Å²) in [5.41, 5.74) is 2.04. The van der Waals surface area contributed by atoms with Crippen LogP contribution in [0.4, 0.5) is 5.69 Å². The van der Waals surface area contributed by atoms with Gasteiger partial charge in [-0.2, -0.15) is 0 Å². The highest BCUT2D eigenvalue weighted by atomic mass is 16.3. The molecule has 1 spiro atoms. The van der Waals surface area contributed by atoms with Crippen LogP contribution in [0, 0.1) is 11.8 Å². The number of amides is 3. The lowest BCUT2D eigenvalue weighted by atomic mass is 9.76. The number of imide groups is 1. The van der Waals surface area contributed by atoms with Gasteiger partial charge >= 0.3 is 0 Å². The van der Waals surface area contributed by atoms with Crippen LogP contribution >= 0.6 is 0 Å². The number of aryl methyl sites for hydroxylation is 1. The van der Waals surface area contributed by atoms with E-state index in [1.807, 2.05) is 55.5 Å². The van der Waals surface area contributed by atoms with Crippen molar-refractivity contribution in [3.63, 3.8) is 0 Å². The Morgan fingerprint density at radius 1 is 1.06 bits per heavy atom. The fourth-order valence-electron chi connectivity index (χ4n) is 5.58. The molecule has 2 aromatic carbocycles. The number of hydrogen-bond acceptors (Lipinski definition) is 5. The molecule has 3 aliphatic heterocycles. The fourth-order valence-corrected chi connectivity index (χ4v) is 5.58. The number of nitrogens with zero attached hydrogens (tertiary/aromatic N) is 1. The quantitative estimate of drug-likeness (QED) is 0.622.